The molecule has 158 valence electrons. The van der Waals surface area contributed by atoms with Crippen LogP contribution in [0.3, 0.4) is 0 Å². The summed E-state index contributed by atoms with van der Waals surface area (Å²) in [6.07, 6.45) is 0. The van der Waals surface area contributed by atoms with E-state index in [9.17, 15) is 4.79 Å². The van der Waals surface area contributed by atoms with E-state index >= 15 is 0 Å². The molecule has 32 heavy (non-hydrogen) atoms. The second-order valence-electron chi connectivity index (χ2n) is 7.05. The Morgan fingerprint density at radius 3 is 2.75 bits per heavy atom. The summed E-state index contributed by atoms with van der Waals surface area (Å²) in [5.74, 6) is 0.990. The Kier molecular flexibility index (Phi) is 5.39. The highest BCUT2D eigenvalue weighted by Gasteiger charge is 2.14. The lowest BCUT2D eigenvalue weighted by molar-refractivity contribution is 0.102. The largest absolute Gasteiger partial charge is 0.431 e. The number of rotatable bonds is 6. The van der Waals surface area contributed by atoms with Gasteiger partial charge in [-0.2, -0.15) is 0 Å². The minimum Gasteiger partial charge on any atom is -0.431 e. The number of amides is 1. The summed E-state index contributed by atoms with van der Waals surface area (Å²) in [5.41, 5.74) is 4.54. The van der Waals surface area contributed by atoms with Gasteiger partial charge < -0.3 is 9.73 Å². The molecule has 5 rings (SSSR count). The first-order valence-corrected chi connectivity index (χ1v) is 10.9. The van der Waals surface area contributed by atoms with Crippen LogP contribution in [-0.4, -0.2) is 31.1 Å². The van der Waals surface area contributed by atoms with E-state index in [-0.39, 0.29) is 5.91 Å². The number of nitrogens with one attached hydrogen (secondary N) is 1. The number of carbonyl (C=O) groups excluding carboxylic acids is 1. The quantitative estimate of drug-likeness (QED) is 0.385. The number of oxazole rings is 1. The minimum absolute atomic E-state index is 0.188. The van der Waals surface area contributed by atoms with Crippen LogP contribution in [0, 0.1) is 0 Å². The first-order valence-electron chi connectivity index (χ1n) is 9.88. The minimum atomic E-state index is -0.188. The van der Waals surface area contributed by atoms with Gasteiger partial charge in [0.25, 0.3) is 11.1 Å². The molecule has 5 aromatic rings. The second kappa shape index (κ2) is 8.64. The third-order valence-corrected chi connectivity index (χ3v) is 5.76. The number of hydrogen-bond donors (Lipinski definition) is 1. The molecule has 0 bridgehead atoms. The molecule has 2 aromatic heterocycles. The highest BCUT2D eigenvalue weighted by molar-refractivity contribution is 7.98. The predicted octanol–water partition coefficient (Wildman–Crippen LogP) is 4.56. The number of aryl methyl sites for hydroxylation is 1. The van der Waals surface area contributed by atoms with Gasteiger partial charge in [-0.25, -0.2) is 9.67 Å². The lowest BCUT2D eigenvalue weighted by atomic mass is 10.1. The molecule has 0 aliphatic heterocycles. The van der Waals surface area contributed by atoms with Crippen LogP contribution in [0.4, 0.5) is 5.69 Å². The zero-order chi connectivity index (χ0) is 21.9. The van der Waals surface area contributed by atoms with Gasteiger partial charge in [-0.3, -0.25) is 4.79 Å². The molecule has 0 aliphatic rings. The van der Waals surface area contributed by atoms with Crippen molar-refractivity contribution in [2.75, 3.05) is 5.32 Å². The average Bonchev–Trinajstić information content (AvgIpc) is 3.43. The zero-order valence-electron chi connectivity index (χ0n) is 17.1. The normalized spacial score (nSPS) is 11.0. The number of benzene rings is 3. The fraction of sp³-hybridized carbons (Fsp3) is 0.0870. The maximum Gasteiger partial charge on any atom is 0.257 e. The SMILES string of the molecule is Cn1nnnc1-c1cccc(NC(=O)c2ccccc2CSc2nc3ccccc3o2)c1. The number of tetrazole rings is 1. The number of carbonyl (C=O) groups is 1. The van der Waals surface area contributed by atoms with Gasteiger partial charge >= 0.3 is 0 Å². The third kappa shape index (κ3) is 4.10. The Balaban J connectivity index is 1.33. The molecule has 1 amide bonds. The number of nitrogens with zero attached hydrogens (tertiary/aromatic N) is 5. The van der Waals surface area contributed by atoms with Crippen LogP contribution >= 0.6 is 11.8 Å². The summed E-state index contributed by atoms with van der Waals surface area (Å²) < 4.78 is 7.36. The fourth-order valence-corrected chi connectivity index (χ4v) is 4.17. The van der Waals surface area contributed by atoms with E-state index in [2.05, 4.69) is 25.8 Å². The summed E-state index contributed by atoms with van der Waals surface area (Å²) in [6.45, 7) is 0. The molecule has 2 heterocycles. The molecule has 0 saturated heterocycles. The molecule has 9 heteroatoms. The summed E-state index contributed by atoms with van der Waals surface area (Å²) in [6, 6.07) is 22.6. The number of fused-ring (bicyclic) bond motifs is 1. The maximum absolute atomic E-state index is 13.0. The van der Waals surface area contributed by atoms with Gasteiger partial charge in [0.15, 0.2) is 11.4 Å². The van der Waals surface area contributed by atoms with Crippen molar-refractivity contribution in [3.63, 3.8) is 0 Å². The first-order chi connectivity index (χ1) is 15.7. The highest BCUT2D eigenvalue weighted by Crippen LogP contribution is 2.28. The van der Waals surface area contributed by atoms with Crippen LogP contribution in [0.1, 0.15) is 15.9 Å². The van der Waals surface area contributed by atoms with Crippen LogP contribution in [0.25, 0.3) is 22.5 Å². The van der Waals surface area contributed by atoms with Crippen molar-refractivity contribution in [1.82, 2.24) is 25.2 Å². The molecule has 8 nitrogen and oxygen atoms in total. The lowest BCUT2D eigenvalue weighted by Crippen LogP contribution is -2.14. The van der Waals surface area contributed by atoms with Crippen molar-refractivity contribution in [3.8, 4) is 11.4 Å². The van der Waals surface area contributed by atoms with E-state index in [4.69, 9.17) is 4.42 Å². The van der Waals surface area contributed by atoms with E-state index in [1.165, 1.54) is 11.8 Å². The smallest absolute Gasteiger partial charge is 0.257 e. The molecule has 1 N–H and O–H groups in total. The zero-order valence-corrected chi connectivity index (χ0v) is 17.9. The predicted molar refractivity (Wildman–Crippen MR) is 122 cm³/mol. The number of thioether (sulfide) groups is 1. The summed E-state index contributed by atoms with van der Waals surface area (Å²) in [7, 11) is 1.77. The van der Waals surface area contributed by atoms with Gasteiger partial charge in [0.1, 0.15) is 5.52 Å². The van der Waals surface area contributed by atoms with Crippen molar-refractivity contribution in [2.45, 2.75) is 11.0 Å². The number of anilines is 1. The van der Waals surface area contributed by atoms with Crippen LogP contribution < -0.4 is 5.32 Å². The molecule has 0 fully saturated rings. The van der Waals surface area contributed by atoms with E-state index < -0.39 is 0 Å². The van der Waals surface area contributed by atoms with Crippen molar-refractivity contribution >= 4 is 34.5 Å². The van der Waals surface area contributed by atoms with Crippen molar-refractivity contribution < 1.29 is 9.21 Å². The maximum atomic E-state index is 13.0. The van der Waals surface area contributed by atoms with Crippen molar-refractivity contribution in [1.29, 1.82) is 0 Å². The molecule has 0 radical (unpaired) electrons. The van der Waals surface area contributed by atoms with Crippen LogP contribution in [0.15, 0.2) is 82.4 Å². The van der Waals surface area contributed by atoms with Crippen molar-refractivity contribution in [3.05, 3.63) is 83.9 Å². The Labute approximate surface area is 187 Å². The van der Waals surface area contributed by atoms with E-state index in [0.717, 1.165) is 22.2 Å². The summed E-state index contributed by atoms with van der Waals surface area (Å²) >= 11 is 1.46. The Hall–Kier alpha value is -3.98. The highest BCUT2D eigenvalue weighted by atomic mass is 32.2. The van der Waals surface area contributed by atoms with E-state index in [1.54, 1.807) is 11.7 Å². The van der Waals surface area contributed by atoms with E-state index in [1.807, 2.05) is 72.8 Å². The first kappa shape index (κ1) is 20.0. The topological polar surface area (TPSA) is 98.7 Å². The molecule has 3 aromatic carbocycles. The monoisotopic (exact) mass is 442 g/mol. The van der Waals surface area contributed by atoms with Gasteiger partial charge in [-0.1, -0.05) is 54.2 Å². The van der Waals surface area contributed by atoms with Gasteiger partial charge in [0.2, 0.25) is 0 Å². The Morgan fingerprint density at radius 2 is 1.91 bits per heavy atom. The summed E-state index contributed by atoms with van der Waals surface area (Å²) in [4.78, 5) is 17.5. The molecular weight excluding hydrogens is 424 g/mol. The molecule has 0 saturated carbocycles. The van der Waals surface area contributed by atoms with Gasteiger partial charge in [-0.05, 0) is 46.3 Å². The van der Waals surface area contributed by atoms with Gasteiger partial charge in [0.05, 0.1) is 0 Å². The fourth-order valence-electron chi connectivity index (χ4n) is 3.33. The Bertz CT molecular complexity index is 1380. The Morgan fingerprint density at radius 1 is 1.06 bits per heavy atom. The average molecular weight is 443 g/mol. The summed E-state index contributed by atoms with van der Waals surface area (Å²) in [5, 5.41) is 15.1. The standard InChI is InChI=1S/C23H18N6O2S/c1-29-21(26-27-28-29)15-8-6-9-17(13-15)24-22(30)18-10-3-2-7-16(18)14-32-23-25-19-11-4-5-12-20(19)31-23/h2-13H,14H2,1H3,(H,24,30). The van der Waals surface area contributed by atoms with Crippen LogP contribution in [-0.2, 0) is 12.8 Å². The van der Waals surface area contributed by atoms with Crippen LogP contribution in [0.5, 0.6) is 0 Å². The second-order valence-corrected chi connectivity index (χ2v) is 7.98. The van der Waals surface area contributed by atoms with Gasteiger partial charge in [-0.15, -0.1) is 5.10 Å². The molecule has 0 spiro atoms. The van der Waals surface area contributed by atoms with Gasteiger partial charge in [0, 0.05) is 29.6 Å². The third-order valence-electron chi connectivity index (χ3n) is 4.89. The molecule has 0 aliphatic carbocycles. The number of para-hydroxylation sites is 2. The van der Waals surface area contributed by atoms with Crippen molar-refractivity contribution in [2.24, 2.45) is 7.05 Å². The van der Waals surface area contributed by atoms with E-state index in [0.29, 0.717) is 28.1 Å². The lowest BCUT2D eigenvalue weighted by Gasteiger charge is -2.10. The number of aromatic nitrogens is 5. The van der Waals surface area contributed by atoms with Crippen LogP contribution in [0.2, 0.25) is 0 Å². The molecule has 0 atom stereocenters. The number of hydrogen-bond acceptors (Lipinski definition) is 7. The molecular formula is C23H18N6O2S. The molecule has 0 unspecified atom stereocenters.